The molecule has 172 valence electrons. The smallest absolute Gasteiger partial charge is 0.329 e. The van der Waals surface area contributed by atoms with Gasteiger partial charge < -0.3 is 19.3 Å². The van der Waals surface area contributed by atoms with E-state index in [0.717, 1.165) is 37.9 Å². The Morgan fingerprint density at radius 3 is 2.75 bits per heavy atom. The molecule has 0 radical (unpaired) electrons. The second-order valence-corrected chi connectivity index (χ2v) is 8.65. The van der Waals surface area contributed by atoms with Gasteiger partial charge >= 0.3 is 5.69 Å². The molecule has 0 saturated carbocycles. The fourth-order valence-corrected chi connectivity index (χ4v) is 4.16. The molecular weight excluding hydrogens is 410 g/mol. The van der Waals surface area contributed by atoms with Crippen molar-refractivity contribution in [2.45, 2.75) is 45.8 Å². The fourth-order valence-electron chi connectivity index (χ4n) is 4.16. The van der Waals surface area contributed by atoms with Gasteiger partial charge in [0.2, 0.25) is 5.95 Å². The Labute approximate surface area is 186 Å². The number of aromatic nitrogens is 4. The van der Waals surface area contributed by atoms with Crippen LogP contribution in [-0.2, 0) is 20.0 Å². The number of aryl methyl sites for hydroxylation is 2. The second kappa shape index (κ2) is 9.20. The van der Waals surface area contributed by atoms with Crippen LogP contribution >= 0.6 is 0 Å². The minimum atomic E-state index is -0.864. The summed E-state index contributed by atoms with van der Waals surface area (Å²) < 4.78 is 8.86. The van der Waals surface area contributed by atoms with Gasteiger partial charge in [-0.15, -0.1) is 0 Å². The summed E-state index contributed by atoms with van der Waals surface area (Å²) in [6, 6.07) is 7.78. The molecule has 2 aromatic heterocycles. The van der Waals surface area contributed by atoms with Crippen LogP contribution in [0.25, 0.3) is 11.2 Å². The van der Waals surface area contributed by atoms with Crippen LogP contribution in [0.1, 0.15) is 32.3 Å². The molecule has 0 amide bonds. The number of piperidine rings is 1. The highest BCUT2D eigenvalue weighted by atomic mass is 16.5. The molecule has 1 aromatic carbocycles. The first-order valence-corrected chi connectivity index (χ1v) is 11.2. The van der Waals surface area contributed by atoms with E-state index in [4.69, 9.17) is 4.74 Å². The minimum absolute atomic E-state index is 0.0764. The zero-order valence-corrected chi connectivity index (χ0v) is 18.9. The maximum absolute atomic E-state index is 12.7. The van der Waals surface area contributed by atoms with E-state index in [-0.39, 0.29) is 18.7 Å². The van der Waals surface area contributed by atoms with Gasteiger partial charge in [0.25, 0.3) is 5.56 Å². The third-order valence-electron chi connectivity index (χ3n) is 6.20. The van der Waals surface area contributed by atoms with E-state index in [9.17, 15) is 14.7 Å². The lowest BCUT2D eigenvalue weighted by Crippen LogP contribution is -2.36. The summed E-state index contributed by atoms with van der Waals surface area (Å²) in [6.07, 6.45) is 2.09. The Bertz CT molecular complexity index is 1200. The summed E-state index contributed by atoms with van der Waals surface area (Å²) in [5.41, 5.74) is 0.747. The Hall–Kier alpha value is -3.07. The van der Waals surface area contributed by atoms with Gasteiger partial charge in [0, 0.05) is 20.1 Å². The molecule has 1 atom stereocenters. The average Bonchev–Trinajstić information content (AvgIpc) is 3.16. The third kappa shape index (κ3) is 4.43. The van der Waals surface area contributed by atoms with Crippen molar-refractivity contribution in [3.8, 4) is 5.75 Å². The molecule has 3 heterocycles. The highest BCUT2D eigenvalue weighted by Gasteiger charge is 2.25. The molecule has 32 heavy (non-hydrogen) atoms. The van der Waals surface area contributed by atoms with Crippen molar-refractivity contribution in [3.05, 3.63) is 50.7 Å². The summed E-state index contributed by atoms with van der Waals surface area (Å²) >= 11 is 0. The molecule has 0 bridgehead atoms. The van der Waals surface area contributed by atoms with E-state index in [1.165, 1.54) is 4.57 Å². The Morgan fingerprint density at radius 2 is 2.03 bits per heavy atom. The number of rotatable bonds is 7. The van der Waals surface area contributed by atoms with Crippen molar-refractivity contribution in [1.82, 2.24) is 19.1 Å². The van der Waals surface area contributed by atoms with Crippen LogP contribution in [0.3, 0.4) is 0 Å². The maximum atomic E-state index is 12.7. The number of nitrogens with zero attached hydrogens (tertiary/aromatic N) is 4. The van der Waals surface area contributed by atoms with Gasteiger partial charge in [-0.2, -0.15) is 4.98 Å². The number of aromatic amines is 1. The van der Waals surface area contributed by atoms with Gasteiger partial charge in [0.05, 0.1) is 6.54 Å². The molecular formula is C23H31N5O4. The van der Waals surface area contributed by atoms with Crippen LogP contribution in [0.15, 0.2) is 33.9 Å². The van der Waals surface area contributed by atoms with Gasteiger partial charge in [0.1, 0.15) is 18.5 Å². The lowest BCUT2D eigenvalue weighted by molar-refractivity contribution is 0.0935. The number of benzene rings is 1. The van der Waals surface area contributed by atoms with Crippen LogP contribution in [0.2, 0.25) is 0 Å². The van der Waals surface area contributed by atoms with Crippen LogP contribution in [0.4, 0.5) is 5.95 Å². The largest absolute Gasteiger partial charge is 0.491 e. The van der Waals surface area contributed by atoms with Crippen molar-refractivity contribution >= 4 is 17.1 Å². The molecule has 2 N–H and O–H groups in total. The van der Waals surface area contributed by atoms with Gasteiger partial charge in [-0.3, -0.25) is 14.3 Å². The van der Waals surface area contributed by atoms with Crippen LogP contribution < -0.4 is 20.9 Å². The summed E-state index contributed by atoms with van der Waals surface area (Å²) in [7, 11) is 1.58. The van der Waals surface area contributed by atoms with Gasteiger partial charge in [-0.1, -0.05) is 26.0 Å². The van der Waals surface area contributed by atoms with Crippen molar-refractivity contribution < 1.29 is 9.84 Å². The number of H-pyrrole nitrogens is 1. The van der Waals surface area contributed by atoms with Crippen LogP contribution in [0, 0.1) is 5.92 Å². The number of anilines is 1. The minimum Gasteiger partial charge on any atom is -0.491 e. The predicted molar refractivity (Wildman–Crippen MR) is 124 cm³/mol. The number of aliphatic hydroxyl groups excluding tert-OH is 1. The fraction of sp³-hybridized carbons (Fsp3) is 0.522. The summed E-state index contributed by atoms with van der Waals surface area (Å²) in [5, 5.41) is 10.8. The molecule has 4 rings (SSSR count). The van der Waals surface area contributed by atoms with Crippen molar-refractivity contribution in [3.63, 3.8) is 0 Å². The van der Waals surface area contributed by atoms with Gasteiger partial charge in [0.15, 0.2) is 11.2 Å². The van der Waals surface area contributed by atoms with Crippen LogP contribution in [-0.4, -0.2) is 50.0 Å². The summed E-state index contributed by atoms with van der Waals surface area (Å²) in [4.78, 5) is 33.9. The zero-order valence-electron chi connectivity index (χ0n) is 18.9. The first-order chi connectivity index (χ1) is 15.4. The first kappa shape index (κ1) is 22.1. The van der Waals surface area contributed by atoms with E-state index in [1.54, 1.807) is 11.6 Å². The van der Waals surface area contributed by atoms with Crippen molar-refractivity contribution in [1.29, 1.82) is 0 Å². The molecule has 9 nitrogen and oxygen atoms in total. The average molecular weight is 442 g/mol. The van der Waals surface area contributed by atoms with Crippen LogP contribution in [0.5, 0.6) is 5.75 Å². The SMILES string of the molecule is CCc1cccc(OCC(O)Cn2c(N3CCC(C)CC3)nc3c2c(=O)[nH]c(=O)n3C)c1. The second-order valence-electron chi connectivity index (χ2n) is 8.65. The third-order valence-corrected chi connectivity index (χ3v) is 6.20. The molecule has 3 aromatic rings. The number of fused-ring (bicyclic) bond motifs is 1. The van der Waals surface area contributed by atoms with E-state index < -0.39 is 17.4 Å². The normalized spacial score (nSPS) is 15.9. The number of ether oxygens (including phenoxy) is 1. The molecule has 1 saturated heterocycles. The molecule has 1 aliphatic heterocycles. The summed E-state index contributed by atoms with van der Waals surface area (Å²) in [6.45, 7) is 6.13. The van der Waals surface area contributed by atoms with E-state index in [0.29, 0.717) is 23.3 Å². The lowest BCUT2D eigenvalue weighted by Gasteiger charge is -2.31. The zero-order chi connectivity index (χ0) is 22.8. The molecule has 1 unspecified atom stereocenters. The lowest BCUT2D eigenvalue weighted by atomic mass is 10.00. The molecule has 1 fully saturated rings. The quantitative estimate of drug-likeness (QED) is 0.578. The first-order valence-electron chi connectivity index (χ1n) is 11.2. The predicted octanol–water partition coefficient (Wildman–Crippen LogP) is 1.66. The Morgan fingerprint density at radius 1 is 1.28 bits per heavy atom. The topological polar surface area (TPSA) is 105 Å². The number of aliphatic hydroxyl groups is 1. The molecule has 9 heteroatoms. The van der Waals surface area contributed by atoms with E-state index >= 15 is 0 Å². The number of hydrogen-bond acceptors (Lipinski definition) is 6. The number of imidazole rings is 1. The number of nitrogens with one attached hydrogen (secondary N) is 1. The van der Waals surface area contributed by atoms with Crippen molar-refractivity contribution in [2.75, 3.05) is 24.6 Å². The maximum Gasteiger partial charge on any atom is 0.329 e. The van der Waals surface area contributed by atoms with Gasteiger partial charge in [-0.25, -0.2) is 4.79 Å². The van der Waals surface area contributed by atoms with Gasteiger partial charge in [-0.05, 0) is 42.9 Å². The Balaban J connectivity index is 1.63. The summed E-state index contributed by atoms with van der Waals surface area (Å²) in [5.74, 6) is 1.93. The number of hydrogen-bond donors (Lipinski definition) is 2. The standard InChI is InChI=1S/C23H31N5O4/c1-4-16-6-5-7-18(12-16)32-14-17(29)13-28-19-20(26(3)23(31)25-21(19)30)24-22(28)27-10-8-15(2)9-11-27/h5-7,12,15,17,29H,4,8-11,13-14H2,1-3H3,(H,25,30,31). The van der Waals surface area contributed by atoms with E-state index in [2.05, 4.69) is 28.7 Å². The Kier molecular flexibility index (Phi) is 6.36. The molecule has 1 aliphatic rings. The molecule has 0 aliphatic carbocycles. The highest BCUT2D eigenvalue weighted by Crippen LogP contribution is 2.25. The monoisotopic (exact) mass is 441 g/mol. The van der Waals surface area contributed by atoms with E-state index in [1.807, 2.05) is 24.3 Å². The highest BCUT2D eigenvalue weighted by molar-refractivity contribution is 5.74. The van der Waals surface area contributed by atoms with Crippen molar-refractivity contribution in [2.24, 2.45) is 13.0 Å². The molecule has 0 spiro atoms.